The number of halogens is 2. The van der Waals surface area contributed by atoms with E-state index >= 15 is 0 Å². The van der Waals surface area contributed by atoms with Crippen LogP contribution >= 0.6 is 11.6 Å². The number of carbonyl (C=O) groups excluding carboxylic acids is 1. The van der Waals surface area contributed by atoms with Crippen LogP contribution in [0.25, 0.3) is 11.3 Å². The maximum atomic E-state index is 13.5. The van der Waals surface area contributed by atoms with E-state index in [1.807, 2.05) is 12.1 Å². The molecule has 3 nitrogen and oxygen atoms in total. The Morgan fingerprint density at radius 2 is 1.83 bits per heavy atom. The fourth-order valence-electron chi connectivity index (χ4n) is 2.19. The zero-order valence-corrected chi connectivity index (χ0v) is 13.6. The molecule has 0 aliphatic rings. The summed E-state index contributed by atoms with van der Waals surface area (Å²) in [5.74, 6) is -0.697. The number of nitrogens with zero attached hydrogens (tertiary/aromatic N) is 1. The van der Waals surface area contributed by atoms with Gasteiger partial charge in [-0.05, 0) is 48.9 Å². The molecule has 0 fully saturated rings. The molecule has 0 aliphatic heterocycles. The highest BCUT2D eigenvalue weighted by Crippen LogP contribution is 2.20. The molecule has 120 valence electrons. The Kier molecular flexibility index (Phi) is 4.58. The van der Waals surface area contributed by atoms with Crippen LogP contribution in [-0.2, 0) is 0 Å². The first kappa shape index (κ1) is 16.1. The summed E-state index contributed by atoms with van der Waals surface area (Å²) < 4.78 is 13.5. The lowest BCUT2D eigenvalue weighted by atomic mass is 10.1. The molecule has 1 amide bonds. The van der Waals surface area contributed by atoms with Crippen molar-refractivity contribution in [2.24, 2.45) is 0 Å². The molecule has 1 N–H and O–H groups in total. The minimum absolute atomic E-state index is 0.339. The van der Waals surface area contributed by atoms with E-state index in [-0.39, 0.29) is 11.7 Å². The molecule has 0 spiro atoms. The minimum atomic E-state index is -0.357. The van der Waals surface area contributed by atoms with Crippen LogP contribution in [-0.4, -0.2) is 10.9 Å². The highest BCUT2D eigenvalue weighted by molar-refractivity contribution is 6.30. The fraction of sp³-hybridized carbons (Fsp3) is 0.0526. The summed E-state index contributed by atoms with van der Waals surface area (Å²) in [5.41, 5.74) is 2.98. The summed E-state index contributed by atoms with van der Waals surface area (Å²) in [7, 11) is 0. The first-order valence-corrected chi connectivity index (χ1v) is 7.70. The standard InChI is InChI=1S/C19H14ClFN2O/c1-12-2-8-16(10-17(12)21)23-19(24)14-5-9-18(22-11-14)13-3-6-15(20)7-4-13/h2-11H,1H3,(H,23,24). The third-order valence-corrected chi connectivity index (χ3v) is 3.85. The SMILES string of the molecule is Cc1ccc(NC(=O)c2ccc(-c3ccc(Cl)cc3)nc2)cc1F. The van der Waals surface area contributed by atoms with E-state index in [4.69, 9.17) is 11.6 Å². The highest BCUT2D eigenvalue weighted by atomic mass is 35.5. The quantitative estimate of drug-likeness (QED) is 0.720. The first-order chi connectivity index (χ1) is 11.5. The second kappa shape index (κ2) is 6.81. The summed E-state index contributed by atoms with van der Waals surface area (Å²) >= 11 is 5.86. The Bertz CT molecular complexity index is 877. The molecule has 3 aromatic rings. The van der Waals surface area contributed by atoms with Crippen molar-refractivity contribution in [3.8, 4) is 11.3 Å². The molecule has 0 bridgehead atoms. The van der Waals surface area contributed by atoms with Crippen molar-refractivity contribution in [3.63, 3.8) is 0 Å². The number of aromatic nitrogens is 1. The number of hydrogen-bond donors (Lipinski definition) is 1. The van der Waals surface area contributed by atoms with Gasteiger partial charge in [-0.1, -0.05) is 29.8 Å². The molecule has 1 heterocycles. The summed E-state index contributed by atoms with van der Waals surface area (Å²) in [5, 5.41) is 3.31. The van der Waals surface area contributed by atoms with E-state index in [9.17, 15) is 9.18 Å². The molecule has 1 aromatic heterocycles. The van der Waals surface area contributed by atoms with Crippen molar-refractivity contribution < 1.29 is 9.18 Å². The van der Waals surface area contributed by atoms with Gasteiger partial charge in [0.25, 0.3) is 5.91 Å². The maximum Gasteiger partial charge on any atom is 0.257 e. The third-order valence-electron chi connectivity index (χ3n) is 3.60. The van der Waals surface area contributed by atoms with Crippen LogP contribution in [0, 0.1) is 12.7 Å². The molecular weight excluding hydrogens is 327 g/mol. The predicted octanol–water partition coefficient (Wildman–Crippen LogP) is 5.10. The van der Waals surface area contributed by atoms with Gasteiger partial charge in [-0.2, -0.15) is 0 Å². The lowest BCUT2D eigenvalue weighted by Gasteiger charge is -2.07. The van der Waals surface area contributed by atoms with Gasteiger partial charge in [-0.3, -0.25) is 9.78 Å². The van der Waals surface area contributed by atoms with Crippen molar-refractivity contribution in [1.29, 1.82) is 0 Å². The zero-order valence-electron chi connectivity index (χ0n) is 12.9. The molecular formula is C19H14ClFN2O. The van der Waals surface area contributed by atoms with Crippen molar-refractivity contribution in [2.75, 3.05) is 5.32 Å². The molecule has 0 aliphatic carbocycles. The number of carbonyl (C=O) groups is 1. The predicted molar refractivity (Wildman–Crippen MR) is 93.8 cm³/mol. The van der Waals surface area contributed by atoms with Crippen LogP contribution < -0.4 is 5.32 Å². The topological polar surface area (TPSA) is 42.0 Å². The number of nitrogens with one attached hydrogen (secondary N) is 1. The molecule has 0 radical (unpaired) electrons. The van der Waals surface area contributed by atoms with Crippen LogP contribution in [0.2, 0.25) is 5.02 Å². The highest BCUT2D eigenvalue weighted by Gasteiger charge is 2.09. The van der Waals surface area contributed by atoms with Crippen LogP contribution in [0.3, 0.4) is 0 Å². The largest absolute Gasteiger partial charge is 0.322 e. The van der Waals surface area contributed by atoms with E-state index in [1.54, 1.807) is 43.3 Å². The second-order valence-corrected chi connectivity index (χ2v) is 5.79. The van der Waals surface area contributed by atoms with E-state index in [0.717, 1.165) is 11.3 Å². The van der Waals surface area contributed by atoms with Crippen molar-refractivity contribution >= 4 is 23.2 Å². The molecule has 0 unspecified atom stereocenters. The number of rotatable bonds is 3. The number of benzene rings is 2. The smallest absolute Gasteiger partial charge is 0.257 e. The van der Waals surface area contributed by atoms with Gasteiger partial charge in [-0.15, -0.1) is 0 Å². The van der Waals surface area contributed by atoms with Gasteiger partial charge in [-0.25, -0.2) is 4.39 Å². The Morgan fingerprint density at radius 3 is 2.46 bits per heavy atom. The monoisotopic (exact) mass is 340 g/mol. The fourth-order valence-corrected chi connectivity index (χ4v) is 2.32. The molecule has 3 rings (SSSR count). The molecule has 24 heavy (non-hydrogen) atoms. The van der Waals surface area contributed by atoms with Crippen LogP contribution in [0.15, 0.2) is 60.8 Å². The van der Waals surface area contributed by atoms with E-state index in [1.165, 1.54) is 12.3 Å². The third kappa shape index (κ3) is 3.60. The molecule has 0 atom stereocenters. The first-order valence-electron chi connectivity index (χ1n) is 7.32. The maximum absolute atomic E-state index is 13.5. The second-order valence-electron chi connectivity index (χ2n) is 5.36. The van der Waals surface area contributed by atoms with Crippen LogP contribution in [0.1, 0.15) is 15.9 Å². The average molecular weight is 341 g/mol. The Hall–Kier alpha value is -2.72. The summed E-state index contributed by atoms with van der Waals surface area (Å²) in [6, 6.07) is 15.3. The van der Waals surface area contributed by atoms with Gasteiger partial charge >= 0.3 is 0 Å². The number of pyridine rings is 1. The van der Waals surface area contributed by atoms with Crippen molar-refractivity contribution in [2.45, 2.75) is 6.92 Å². The van der Waals surface area contributed by atoms with Gasteiger partial charge in [0.1, 0.15) is 5.82 Å². The van der Waals surface area contributed by atoms with Gasteiger partial charge in [0.2, 0.25) is 0 Å². The Labute approximate surface area is 144 Å². The molecule has 2 aromatic carbocycles. The van der Waals surface area contributed by atoms with Gasteiger partial charge in [0.15, 0.2) is 0 Å². The van der Waals surface area contributed by atoms with Gasteiger partial charge < -0.3 is 5.32 Å². The normalized spacial score (nSPS) is 10.5. The number of anilines is 1. The zero-order chi connectivity index (χ0) is 17.1. The summed E-state index contributed by atoms with van der Waals surface area (Å²) in [6.07, 6.45) is 1.49. The average Bonchev–Trinajstić information content (AvgIpc) is 2.59. The molecule has 5 heteroatoms. The lowest BCUT2D eigenvalue weighted by molar-refractivity contribution is 0.102. The summed E-state index contributed by atoms with van der Waals surface area (Å²) in [4.78, 5) is 16.5. The van der Waals surface area contributed by atoms with E-state index < -0.39 is 0 Å². The Balaban J connectivity index is 1.76. The van der Waals surface area contributed by atoms with Gasteiger partial charge in [0.05, 0.1) is 11.3 Å². The van der Waals surface area contributed by atoms with Crippen LogP contribution in [0.5, 0.6) is 0 Å². The molecule has 0 saturated carbocycles. The van der Waals surface area contributed by atoms with Crippen molar-refractivity contribution in [3.05, 3.63) is 82.8 Å². The summed E-state index contributed by atoms with van der Waals surface area (Å²) in [6.45, 7) is 1.67. The number of amides is 1. The van der Waals surface area contributed by atoms with Crippen molar-refractivity contribution in [1.82, 2.24) is 4.98 Å². The number of aryl methyl sites for hydroxylation is 1. The molecule has 0 saturated heterocycles. The van der Waals surface area contributed by atoms with Crippen LogP contribution in [0.4, 0.5) is 10.1 Å². The number of hydrogen-bond acceptors (Lipinski definition) is 2. The lowest BCUT2D eigenvalue weighted by Crippen LogP contribution is -2.12. The van der Waals surface area contributed by atoms with E-state index in [2.05, 4.69) is 10.3 Å². The van der Waals surface area contributed by atoms with Gasteiger partial charge in [0, 0.05) is 22.5 Å². The van der Waals surface area contributed by atoms with E-state index in [0.29, 0.717) is 21.8 Å². The minimum Gasteiger partial charge on any atom is -0.322 e. The Morgan fingerprint density at radius 1 is 1.08 bits per heavy atom.